The molecule has 5 rings (SSSR count). The van der Waals surface area contributed by atoms with Gasteiger partial charge in [0.2, 0.25) is 5.13 Å². The summed E-state index contributed by atoms with van der Waals surface area (Å²) in [6.45, 7) is 0. The fraction of sp³-hybridized carbons (Fsp3) is 0.0417. The molecule has 1 aromatic heterocycles. The third-order valence-corrected chi connectivity index (χ3v) is 7.77. The molecule has 0 atom stereocenters. The van der Waals surface area contributed by atoms with Crippen molar-refractivity contribution < 1.29 is 14.4 Å². The first-order valence-electron chi connectivity index (χ1n) is 10.1. The van der Waals surface area contributed by atoms with Crippen LogP contribution in [0.4, 0.5) is 9.93 Å². The predicted octanol–water partition coefficient (Wildman–Crippen LogP) is 5.56. The molecule has 1 saturated heterocycles. The number of amides is 3. The van der Waals surface area contributed by atoms with Crippen LogP contribution in [0.25, 0.3) is 16.8 Å². The topological polar surface area (TPSA) is 101 Å². The Hall–Kier alpha value is -3.47. The maximum atomic E-state index is 12.6. The molecule has 3 aromatic carbocycles. The number of fused-ring (bicyclic) bond motifs is 1. The Morgan fingerprint density at radius 1 is 1.00 bits per heavy atom. The molecular weight excluding hydrogens is 488 g/mol. The summed E-state index contributed by atoms with van der Waals surface area (Å²) in [7, 11) is 0. The fourth-order valence-corrected chi connectivity index (χ4v) is 5.64. The van der Waals surface area contributed by atoms with Crippen LogP contribution in [0.15, 0.2) is 76.0 Å². The second kappa shape index (κ2) is 9.80. The van der Waals surface area contributed by atoms with Crippen LogP contribution < -0.4 is 10.6 Å². The molecule has 0 radical (unpaired) electrons. The van der Waals surface area contributed by atoms with E-state index in [-0.39, 0.29) is 11.1 Å². The van der Waals surface area contributed by atoms with Gasteiger partial charge in [-0.3, -0.25) is 25.0 Å². The number of thioether (sulfide) groups is 2. The zero-order chi connectivity index (χ0) is 23.5. The van der Waals surface area contributed by atoms with E-state index in [1.54, 1.807) is 42.1 Å². The van der Waals surface area contributed by atoms with Crippen molar-refractivity contribution in [3.05, 3.63) is 88.3 Å². The number of aromatic nitrogens is 2. The minimum absolute atomic E-state index is 0.301. The number of carbonyl (C=O) groups excluding carboxylic acids is 3. The number of imide groups is 1. The molecule has 1 aliphatic rings. The van der Waals surface area contributed by atoms with Crippen LogP contribution in [0.2, 0.25) is 0 Å². The van der Waals surface area contributed by atoms with Gasteiger partial charge in [-0.2, -0.15) is 0 Å². The summed E-state index contributed by atoms with van der Waals surface area (Å²) in [5.41, 5.74) is 2.35. The van der Waals surface area contributed by atoms with E-state index >= 15 is 0 Å². The number of benzene rings is 3. The highest BCUT2D eigenvalue weighted by atomic mass is 32.2. The molecule has 168 valence electrons. The van der Waals surface area contributed by atoms with Crippen molar-refractivity contribution in [3.63, 3.8) is 0 Å². The summed E-state index contributed by atoms with van der Waals surface area (Å²) in [5, 5.41) is 15.7. The summed E-state index contributed by atoms with van der Waals surface area (Å²) >= 11 is 3.75. The summed E-state index contributed by atoms with van der Waals surface area (Å²) in [4.78, 5) is 35.8. The molecule has 10 heteroatoms. The first-order valence-corrected chi connectivity index (χ1v) is 12.8. The maximum Gasteiger partial charge on any atom is 0.290 e. The number of rotatable bonds is 6. The highest BCUT2D eigenvalue weighted by Gasteiger charge is 2.24. The van der Waals surface area contributed by atoms with E-state index in [0.29, 0.717) is 21.2 Å². The molecule has 2 heterocycles. The van der Waals surface area contributed by atoms with E-state index in [1.807, 2.05) is 12.1 Å². The van der Waals surface area contributed by atoms with Gasteiger partial charge in [-0.25, -0.2) is 0 Å². The Kier molecular flexibility index (Phi) is 6.43. The second-order valence-electron chi connectivity index (χ2n) is 7.27. The fourth-order valence-electron chi connectivity index (χ4n) is 3.26. The quantitative estimate of drug-likeness (QED) is 0.201. The van der Waals surface area contributed by atoms with Gasteiger partial charge in [0.25, 0.3) is 17.1 Å². The highest BCUT2D eigenvalue weighted by Crippen LogP contribution is 2.30. The molecule has 7 nitrogen and oxygen atoms in total. The summed E-state index contributed by atoms with van der Waals surface area (Å²) < 4.78 is 0.771. The molecular formula is C24H16N4O3S3. The lowest BCUT2D eigenvalue weighted by Gasteiger charge is -2.02. The second-order valence-corrected chi connectivity index (χ2v) is 10.5. The van der Waals surface area contributed by atoms with Crippen LogP contribution in [0.1, 0.15) is 21.5 Å². The third kappa shape index (κ3) is 5.19. The van der Waals surface area contributed by atoms with Crippen LogP contribution in [0.3, 0.4) is 0 Å². The first-order chi connectivity index (χ1) is 16.5. The number of carbonyl (C=O) groups is 3. The first kappa shape index (κ1) is 22.3. The lowest BCUT2D eigenvalue weighted by molar-refractivity contribution is -0.115. The van der Waals surface area contributed by atoms with Crippen LogP contribution in [-0.4, -0.2) is 27.3 Å². The van der Waals surface area contributed by atoms with Gasteiger partial charge in [0, 0.05) is 11.3 Å². The largest absolute Gasteiger partial charge is 0.296 e. The van der Waals surface area contributed by atoms with E-state index in [2.05, 4.69) is 51.2 Å². The van der Waals surface area contributed by atoms with Crippen LogP contribution >= 0.6 is 34.9 Å². The van der Waals surface area contributed by atoms with E-state index in [0.717, 1.165) is 21.9 Å². The zero-order valence-electron chi connectivity index (χ0n) is 17.5. The minimum Gasteiger partial charge on any atom is -0.296 e. The highest BCUT2D eigenvalue weighted by molar-refractivity contribution is 8.18. The van der Waals surface area contributed by atoms with Crippen molar-refractivity contribution >= 4 is 73.9 Å². The molecule has 0 bridgehead atoms. The van der Waals surface area contributed by atoms with Gasteiger partial charge < -0.3 is 0 Å². The molecule has 34 heavy (non-hydrogen) atoms. The molecule has 1 aliphatic heterocycles. The molecule has 0 aliphatic carbocycles. The van der Waals surface area contributed by atoms with E-state index < -0.39 is 5.91 Å². The molecule has 0 unspecified atom stereocenters. The van der Waals surface area contributed by atoms with E-state index in [9.17, 15) is 14.4 Å². The Morgan fingerprint density at radius 3 is 2.56 bits per heavy atom. The van der Waals surface area contributed by atoms with Gasteiger partial charge in [0.15, 0.2) is 4.34 Å². The van der Waals surface area contributed by atoms with Crippen LogP contribution in [0, 0.1) is 0 Å². The van der Waals surface area contributed by atoms with E-state index in [1.165, 1.54) is 27.7 Å². The molecule has 1 fully saturated rings. The lowest BCUT2D eigenvalue weighted by atomic mass is 10.1. The van der Waals surface area contributed by atoms with Gasteiger partial charge in [-0.1, -0.05) is 77.7 Å². The number of hydrogen-bond donors (Lipinski definition) is 2. The van der Waals surface area contributed by atoms with Gasteiger partial charge in [0.05, 0.1) is 4.91 Å². The van der Waals surface area contributed by atoms with Crippen molar-refractivity contribution in [2.45, 2.75) is 10.1 Å². The Bertz CT molecular complexity index is 1450. The summed E-state index contributed by atoms with van der Waals surface area (Å²) in [5.74, 6) is 0.0405. The van der Waals surface area contributed by atoms with Crippen molar-refractivity contribution in [2.24, 2.45) is 0 Å². The van der Waals surface area contributed by atoms with Gasteiger partial charge in [-0.15, -0.1) is 10.2 Å². The predicted molar refractivity (Wildman–Crippen MR) is 137 cm³/mol. The van der Waals surface area contributed by atoms with Crippen molar-refractivity contribution in [1.82, 2.24) is 15.5 Å². The van der Waals surface area contributed by atoms with Gasteiger partial charge in [-0.05, 0) is 51.9 Å². The zero-order valence-corrected chi connectivity index (χ0v) is 19.9. The molecule has 0 spiro atoms. The van der Waals surface area contributed by atoms with Crippen LogP contribution in [0.5, 0.6) is 0 Å². The van der Waals surface area contributed by atoms with Crippen molar-refractivity contribution in [2.75, 3.05) is 5.32 Å². The maximum absolute atomic E-state index is 12.6. The normalized spacial score (nSPS) is 14.5. The van der Waals surface area contributed by atoms with Crippen molar-refractivity contribution in [3.8, 4) is 0 Å². The van der Waals surface area contributed by atoms with Gasteiger partial charge >= 0.3 is 0 Å². The van der Waals surface area contributed by atoms with Gasteiger partial charge in [0.1, 0.15) is 0 Å². The minimum atomic E-state index is -0.414. The number of hydrogen-bond acceptors (Lipinski definition) is 8. The number of anilines is 1. The Labute approximate surface area is 207 Å². The van der Waals surface area contributed by atoms with Crippen molar-refractivity contribution in [1.29, 1.82) is 0 Å². The Balaban J connectivity index is 1.18. The Morgan fingerprint density at radius 2 is 1.79 bits per heavy atom. The van der Waals surface area contributed by atoms with E-state index in [4.69, 9.17) is 0 Å². The number of nitrogens with one attached hydrogen (secondary N) is 2. The summed E-state index contributed by atoms with van der Waals surface area (Å²) in [6, 6.07) is 21.3. The van der Waals surface area contributed by atoms with Crippen LogP contribution in [-0.2, 0) is 10.5 Å². The molecule has 4 aromatic rings. The average molecular weight is 505 g/mol. The molecule has 3 amide bonds. The third-order valence-electron chi connectivity index (χ3n) is 4.92. The molecule has 2 N–H and O–H groups in total. The lowest BCUT2D eigenvalue weighted by Crippen LogP contribution is -2.17. The average Bonchev–Trinajstić information content (AvgIpc) is 3.42. The summed E-state index contributed by atoms with van der Waals surface area (Å²) in [6.07, 6.45) is 1.61. The molecule has 0 saturated carbocycles. The standard InChI is InChI=1S/C24H16N4O3S3/c29-20(17-9-5-14(6-10-17)12-19-21(30)26-23(31)33-19)25-22-27-28-24(34-22)32-13-15-7-8-16-3-1-2-4-18(16)11-15/h1-12H,13H2,(H,25,27,29)(H,26,30,31)/b19-12-. The number of nitrogens with zero attached hydrogens (tertiary/aromatic N) is 2. The smallest absolute Gasteiger partial charge is 0.290 e. The monoisotopic (exact) mass is 504 g/mol. The SMILES string of the molecule is O=C1NC(=O)/C(=C/c2ccc(C(=O)Nc3nnc(SCc4ccc5ccccc5c4)s3)cc2)S1.